The number of hydrogen-bond acceptors (Lipinski definition) is 3. The minimum Gasteiger partial charge on any atom is -0.456 e. The maximum atomic E-state index is 6.37. The number of benzene rings is 13. The monoisotopic (exact) mass is 1150 g/mol. The molecule has 0 saturated carbocycles. The molecule has 1 aliphatic rings. The second-order valence-electron chi connectivity index (χ2n) is 23.7. The first-order valence-electron chi connectivity index (χ1n) is 30.6. The van der Waals surface area contributed by atoms with Gasteiger partial charge in [-0.3, -0.25) is 0 Å². The molecule has 0 radical (unpaired) electrons. The molecular formula is C84H52N4O2. The van der Waals surface area contributed by atoms with Gasteiger partial charge in [-0.05, 0) is 197 Å². The fourth-order valence-corrected chi connectivity index (χ4v) is 14.5. The molecule has 420 valence electrons. The van der Waals surface area contributed by atoms with E-state index in [-0.39, 0.29) is 0 Å². The van der Waals surface area contributed by atoms with Crippen molar-refractivity contribution in [3.8, 4) is 50.4 Å². The molecule has 0 spiro atoms. The zero-order chi connectivity index (χ0) is 59.1. The highest BCUT2D eigenvalue weighted by molar-refractivity contribution is 6.16. The van der Waals surface area contributed by atoms with Crippen LogP contribution in [0.3, 0.4) is 0 Å². The van der Waals surface area contributed by atoms with Gasteiger partial charge in [0.1, 0.15) is 22.3 Å². The van der Waals surface area contributed by atoms with Crippen LogP contribution in [-0.4, -0.2) is 13.7 Å². The summed E-state index contributed by atoms with van der Waals surface area (Å²) in [4.78, 5) is 2.26. The van der Waals surface area contributed by atoms with E-state index in [1.165, 1.54) is 48.9 Å². The molecule has 1 aliphatic heterocycles. The Balaban J connectivity index is 0.768. The number of para-hydroxylation sites is 5. The normalized spacial score (nSPS) is 13.5. The lowest BCUT2D eigenvalue weighted by molar-refractivity contribution is 0.668. The second kappa shape index (κ2) is 19.4. The van der Waals surface area contributed by atoms with Crippen LogP contribution in [-0.2, 0) is 0 Å². The molecule has 6 heteroatoms. The van der Waals surface area contributed by atoms with Crippen molar-refractivity contribution in [1.29, 1.82) is 0 Å². The van der Waals surface area contributed by atoms with Crippen molar-refractivity contribution in [2.24, 2.45) is 0 Å². The maximum Gasteiger partial charge on any atom is 0.135 e. The molecular weight excluding hydrogens is 1100 g/mol. The van der Waals surface area contributed by atoms with Crippen LogP contribution in [0.5, 0.6) is 0 Å². The summed E-state index contributed by atoms with van der Waals surface area (Å²) >= 11 is 0. The molecule has 19 rings (SSSR count). The average Bonchev–Trinajstić information content (AvgIpc) is 1.66. The van der Waals surface area contributed by atoms with Gasteiger partial charge in [-0.1, -0.05) is 146 Å². The Kier molecular flexibility index (Phi) is 10.8. The van der Waals surface area contributed by atoms with Gasteiger partial charge in [-0.25, -0.2) is 0 Å². The van der Waals surface area contributed by atoms with Crippen LogP contribution in [0.1, 0.15) is 5.56 Å². The summed E-state index contributed by atoms with van der Waals surface area (Å²) in [5.74, 6) is 0. The molecule has 0 atom stereocenters. The first-order valence-corrected chi connectivity index (χ1v) is 30.6. The molecule has 0 saturated heterocycles. The zero-order valence-electron chi connectivity index (χ0n) is 48.7. The highest BCUT2D eigenvalue weighted by atomic mass is 16.3. The van der Waals surface area contributed by atoms with Crippen LogP contribution in [0.15, 0.2) is 319 Å². The van der Waals surface area contributed by atoms with E-state index in [9.17, 15) is 0 Å². The average molecular weight is 1150 g/mol. The van der Waals surface area contributed by atoms with E-state index in [0.29, 0.717) is 0 Å². The molecule has 18 aromatic rings. The van der Waals surface area contributed by atoms with Gasteiger partial charge in [-0.15, -0.1) is 0 Å². The number of nitrogens with zero attached hydrogens (tertiary/aromatic N) is 4. The molecule has 5 aromatic heterocycles. The fraction of sp³-hybridized carbons (Fsp3) is 0. The topological polar surface area (TPSA) is 44.3 Å². The zero-order valence-corrected chi connectivity index (χ0v) is 48.7. The van der Waals surface area contributed by atoms with Crippen LogP contribution < -0.4 is 4.90 Å². The lowest BCUT2D eigenvalue weighted by Crippen LogP contribution is -2.11. The largest absolute Gasteiger partial charge is 0.456 e. The molecule has 0 fully saturated rings. The van der Waals surface area contributed by atoms with Crippen LogP contribution in [0.25, 0.3) is 165 Å². The van der Waals surface area contributed by atoms with Gasteiger partial charge in [-0.2, -0.15) is 0 Å². The van der Waals surface area contributed by atoms with E-state index in [4.69, 9.17) is 8.83 Å². The van der Waals surface area contributed by atoms with Crippen molar-refractivity contribution in [3.63, 3.8) is 0 Å². The van der Waals surface area contributed by atoms with Gasteiger partial charge in [0, 0.05) is 88.4 Å². The van der Waals surface area contributed by atoms with Crippen molar-refractivity contribution in [2.75, 3.05) is 4.90 Å². The maximum absolute atomic E-state index is 6.37. The van der Waals surface area contributed by atoms with Gasteiger partial charge < -0.3 is 27.4 Å². The van der Waals surface area contributed by atoms with Crippen molar-refractivity contribution in [3.05, 3.63) is 316 Å². The van der Waals surface area contributed by atoms with Crippen molar-refractivity contribution < 1.29 is 8.83 Å². The molecule has 6 nitrogen and oxygen atoms in total. The summed E-state index contributed by atoms with van der Waals surface area (Å²) in [5.41, 5.74) is 24.8. The summed E-state index contributed by atoms with van der Waals surface area (Å²) < 4.78 is 19.8. The van der Waals surface area contributed by atoms with E-state index in [1.807, 2.05) is 18.2 Å². The van der Waals surface area contributed by atoms with E-state index in [2.05, 4.69) is 310 Å². The van der Waals surface area contributed by atoms with E-state index >= 15 is 0 Å². The van der Waals surface area contributed by atoms with E-state index in [1.54, 1.807) is 0 Å². The number of hydrogen-bond donors (Lipinski definition) is 0. The minimum atomic E-state index is 0.871. The molecule has 90 heavy (non-hydrogen) atoms. The number of allylic oxidation sites excluding steroid dienone is 4. The lowest BCUT2D eigenvalue weighted by atomic mass is 9.95. The predicted octanol–water partition coefficient (Wildman–Crippen LogP) is 23.0. The Morgan fingerprint density at radius 2 is 0.633 bits per heavy atom. The molecule has 0 N–H and O–H groups in total. The van der Waals surface area contributed by atoms with Crippen molar-refractivity contribution >= 4 is 126 Å². The highest BCUT2D eigenvalue weighted by Crippen LogP contribution is 2.45. The summed E-state index contributed by atoms with van der Waals surface area (Å²) in [5, 5.41) is 11.6. The molecule has 0 bridgehead atoms. The first kappa shape index (κ1) is 50.1. The minimum absolute atomic E-state index is 0.871. The van der Waals surface area contributed by atoms with Gasteiger partial charge in [0.05, 0.1) is 38.8 Å². The van der Waals surface area contributed by atoms with Crippen LogP contribution in [0, 0.1) is 0 Å². The van der Waals surface area contributed by atoms with Gasteiger partial charge >= 0.3 is 0 Å². The number of rotatable bonds is 7. The smallest absolute Gasteiger partial charge is 0.135 e. The third kappa shape index (κ3) is 7.65. The van der Waals surface area contributed by atoms with Gasteiger partial charge in [0.25, 0.3) is 0 Å². The summed E-state index contributed by atoms with van der Waals surface area (Å²) in [6.07, 6.45) is 8.39. The lowest BCUT2D eigenvalue weighted by Gasteiger charge is -2.26. The van der Waals surface area contributed by atoms with Crippen LogP contribution in [0.4, 0.5) is 11.4 Å². The Bertz CT molecular complexity index is 6120. The third-order valence-electron chi connectivity index (χ3n) is 18.7. The van der Waals surface area contributed by atoms with E-state index in [0.717, 1.165) is 133 Å². The molecule has 6 heterocycles. The van der Waals surface area contributed by atoms with Crippen molar-refractivity contribution in [1.82, 2.24) is 13.7 Å². The summed E-state index contributed by atoms with van der Waals surface area (Å²) in [7, 11) is 0. The predicted molar refractivity (Wildman–Crippen MR) is 376 cm³/mol. The van der Waals surface area contributed by atoms with Crippen molar-refractivity contribution in [2.45, 2.75) is 0 Å². The molecule has 0 aliphatic carbocycles. The number of aromatic nitrogens is 3. The molecule has 0 amide bonds. The first-order chi connectivity index (χ1) is 44.5. The highest BCUT2D eigenvalue weighted by Gasteiger charge is 2.22. The Morgan fingerprint density at radius 1 is 0.256 bits per heavy atom. The number of anilines is 2. The summed E-state index contributed by atoms with van der Waals surface area (Å²) in [6, 6.07) is 102. The SMILES string of the molecule is C=C1/C=C\C=C/N(c2ccc3oc4ccccc4c3c2)c2ccc(-c3ccc4c(c3)c3cc(-c5ccc6c(c5)c5cc(-c7ccc8c(c7)c7ccccc7n8-c7ccccc7)ccc5n6-c5ccc6oc7ccccc7c6c5)ccc3n4-c3ccccc3)cc21. The Hall–Kier alpha value is -12.1. The standard InChI is InChI=1S/C84H52N4O2/c1-52-16-14-15-43-85(61-33-41-83-72(50-61)64-22-9-12-25-81(64)89-83)74-35-27-53(44-66(52)74)55-29-37-77-68(46-55)69-47-57(30-38-78(69)87(77)60-19-6-3-7-20-60)58-32-40-80-71(49-58)70-48-56(31-39-79(70)88(80)62-34-42-84-73(51-62)65-23-10-13-26-82(65)90-84)54-28-36-76-67(45-54)63-21-8-11-24-75(63)86(76)59-17-4-2-5-18-59/h2-51H,1H2/b16-14-,43-15-. The fourth-order valence-electron chi connectivity index (χ4n) is 14.5. The second-order valence-corrected chi connectivity index (χ2v) is 23.7. The third-order valence-corrected chi connectivity index (χ3v) is 18.7. The number of fused-ring (bicyclic) bond motifs is 16. The van der Waals surface area contributed by atoms with Gasteiger partial charge in [0.2, 0.25) is 0 Å². The van der Waals surface area contributed by atoms with Crippen LogP contribution >= 0.6 is 0 Å². The number of furan rings is 2. The van der Waals surface area contributed by atoms with Gasteiger partial charge in [0.15, 0.2) is 0 Å². The summed E-state index contributed by atoms with van der Waals surface area (Å²) in [6.45, 7) is 4.62. The Morgan fingerprint density at radius 3 is 1.14 bits per heavy atom. The molecule has 13 aromatic carbocycles. The molecule has 0 unspecified atom stereocenters. The van der Waals surface area contributed by atoms with Crippen LogP contribution in [0.2, 0.25) is 0 Å². The Labute approximate surface area is 516 Å². The quantitative estimate of drug-likeness (QED) is 0.160. The van der Waals surface area contributed by atoms with E-state index < -0.39 is 0 Å².